The highest BCUT2D eigenvalue weighted by Gasteiger charge is 2.24. The third kappa shape index (κ3) is 7.53. The van der Waals surface area contributed by atoms with E-state index in [-0.39, 0.29) is 18.6 Å². The molecule has 3 aromatic carbocycles. The highest BCUT2D eigenvalue weighted by Crippen LogP contribution is 2.17. The molecule has 0 unspecified atom stereocenters. The Morgan fingerprint density at radius 3 is 2.08 bits per heavy atom. The Bertz CT molecular complexity index is 1170. The molecule has 7 nitrogen and oxygen atoms in total. The first-order chi connectivity index (χ1) is 17.3. The summed E-state index contributed by atoms with van der Waals surface area (Å²) in [6.07, 6.45) is -0.349. The number of nitrogens with zero attached hydrogens (tertiary/aromatic N) is 1. The van der Waals surface area contributed by atoms with Crippen molar-refractivity contribution in [1.29, 1.82) is 0 Å². The quantitative estimate of drug-likeness (QED) is 0.402. The normalized spacial score (nSPS) is 12.4. The van der Waals surface area contributed by atoms with E-state index >= 15 is 0 Å². The molecular weight excluding hydrogens is 468 g/mol. The highest BCUT2D eigenvalue weighted by atomic mass is 19.1. The number of imide groups is 1. The fraction of sp³-hybridized carbons (Fsp3) is 0.222. The van der Waals surface area contributed by atoms with Gasteiger partial charge in [0, 0.05) is 11.8 Å². The smallest absolute Gasteiger partial charge is 0.246 e. The topological polar surface area (TPSA) is 98.7 Å². The van der Waals surface area contributed by atoms with Gasteiger partial charge in [-0.2, -0.15) is 0 Å². The van der Waals surface area contributed by atoms with E-state index in [9.17, 15) is 28.3 Å². The van der Waals surface area contributed by atoms with Crippen molar-refractivity contribution >= 4 is 23.4 Å². The van der Waals surface area contributed by atoms with Gasteiger partial charge in [0.25, 0.3) is 0 Å². The maximum Gasteiger partial charge on any atom is 0.246 e. The zero-order valence-corrected chi connectivity index (χ0v) is 19.7. The van der Waals surface area contributed by atoms with Crippen LogP contribution >= 0.6 is 0 Å². The average molecular weight is 496 g/mol. The number of carbonyl (C=O) groups excluding carboxylic acids is 3. The van der Waals surface area contributed by atoms with Gasteiger partial charge in [0.15, 0.2) is 0 Å². The molecule has 0 aromatic heterocycles. The van der Waals surface area contributed by atoms with Crippen molar-refractivity contribution in [1.82, 2.24) is 10.6 Å². The first-order valence-corrected chi connectivity index (χ1v) is 11.3. The van der Waals surface area contributed by atoms with Crippen molar-refractivity contribution in [2.45, 2.75) is 25.4 Å². The van der Waals surface area contributed by atoms with Gasteiger partial charge in [0.1, 0.15) is 18.2 Å². The van der Waals surface area contributed by atoms with E-state index in [4.69, 9.17) is 0 Å². The van der Waals surface area contributed by atoms with Crippen LogP contribution in [0.5, 0.6) is 0 Å². The Balaban J connectivity index is 1.67. The van der Waals surface area contributed by atoms with Gasteiger partial charge in [-0.3, -0.25) is 25.0 Å². The summed E-state index contributed by atoms with van der Waals surface area (Å²) < 4.78 is 27.1. The summed E-state index contributed by atoms with van der Waals surface area (Å²) in [5.41, 5.74) is 1.28. The summed E-state index contributed by atoms with van der Waals surface area (Å²) in [7, 11) is 0. The van der Waals surface area contributed by atoms with Gasteiger partial charge in [-0.25, -0.2) is 8.78 Å². The Morgan fingerprint density at radius 1 is 0.917 bits per heavy atom. The van der Waals surface area contributed by atoms with E-state index in [0.29, 0.717) is 11.8 Å². The minimum Gasteiger partial charge on any atom is -0.394 e. The van der Waals surface area contributed by atoms with Crippen LogP contribution in [0.1, 0.15) is 24.1 Å². The lowest BCUT2D eigenvalue weighted by Crippen LogP contribution is -2.49. The highest BCUT2D eigenvalue weighted by molar-refractivity contribution is 6.04. The number of aliphatic hydroxyl groups excluding tert-OH is 1. The first-order valence-electron chi connectivity index (χ1n) is 11.3. The Morgan fingerprint density at radius 2 is 1.50 bits per heavy atom. The van der Waals surface area contributed by atoms with Gasteiger partial charge in [-0.1, -0.05) is 48.5 Å². The number of rotatable bonds is 10. The molecule has 0 saturated heterocycles. The molecule has 9 heteroatoms. The first kappa shape index (κ1) is 26.7. The van der Waals surface area contributed by atoms with Crippen LogP contribution in [0.3, 0.4) is 0 Å². The summed E-state index contributed by atoms with van der Waals surface area (Å²) in [6.45, 7) is 0.806. The summed E-state index contributed by atoms with van der Waals surface area (Å²) in [4.78, 5) is 39.5. The maximum absolute atomic E-state index is 13.6. The van der Waals surface area contributed by atoms with Gasteiger partial charge in [0.05, 0.1) is 25.1 Å². The van der Waals surface area contributed by atoms with Gasteiger partial charge < -0.3 is 10.0 Å². The molecule has 3 N–H and O–H groups in total. The van der Waals surface area contributed by atoms with E-state index in [0.717, 1.165) is 22.6 Å². The molecule has 36 heavy (non-hydrogen) atoms. The molecule has 0 aliphatic carbocycles. The number of para-hydroxylation sites is 1. The van der Waals surface area contributed by atoms with Crippen LogP contribution in [0.2, 0.25) is 0 Å². The average Bonchev–Trinajstić information content (AvgIpc) is 2.86. The van der Waals surface area contributed by atoms with Crippen molar-refractivity contribution < 1.29 is 28.3 Å². The molecule has 2 atom stereocenters. The Hall–Kier alpha value is -3.95. The van der Waals surface area contributed by atoms with Gasteiger partial charge >= 0.3 is 0 Å². The third-order valence-electron chi connectivity index (χ3n) is 5.44. The van der Waals surface area contributed by atoms with E-state index in [1.807, 2.05) is 6.07 Å². The fourth-order valence-corrected chi connectivity index (χ4v) is 3.66. The van der Waals surface area contributed by atoms with Crippen LogP contribution in [0.15, 0.2) is 78.9 Å². The molecule has 0 saturated carbocycles. The third-order valence-corrected chi connectivity index (χ3v) is 5.44. The second-order valence-corrected chi connectivity index (χ2v) is 8.22. The molecule has 0 fully saturated rings. The summed E-state index contributed by atoms with van der Waals surface area (Å²) in [5.74, 6) is -3.58. The van der Waals surface area contributed by atoms with Crippen molar-refractivity contribution in [3.8, 4) is 0 Å². The monoisotopic (exact) mass is 495 g/mol. The molecule has 3 aromatic rings. The number of hydrogen-bond donors (Lipinski definition) is 3. The predicted molar refractivity (Wildman–Crippen MR) is 131 cm³/mol. The molecule has 0 spiro atoms. The van der Waals surface area contributed by atoms with Gasteiger partial charge in [-0.05, 0) is 42.3 Å². The molecule has 0 aliphatic rings. The SMILES string of the molecule is C[C@H](N[C@H](CO)c1ccccc1)C(=O)NC(=O)CN(C(=O)Cc1cc(F)cc(F)c1)c1ccccc1. The van der Waals surface area contributed by atoms with Crippen LogP contribution in [0.25, 0.3) is 0 Å². The minimum atomic E-state index is -0.831. The standard InChI is InChI=1S/C27H27F2N3O4/c1-18(30-24(17-33)20-8-4-2-5-9-20)27(36)31-25(34)16-32(23-10-6-3-7-11-23)26(35)14-19-12-21(28)15-22(29)13-19/h2-13,15,18,24,30,33H,14,16-17H2,1H3,(H,31,34,36)/t18-,24+/m0/s1. The van der Waals surface area contributed by atoms with Gasteiger partial charge in [-0.15, -0.1) is 0 Å². The van der Waals surface area contributed by atoms with Crippen molar-refractivity contribution in [2.75, 3.05) is 18.1 Å². The second kappa shape index (κ2) is 12.7. The molecule has 0 bridgehead atoms. The molecule has 3 amide bonds. The van der Waals surface area contributed by atoms with Crippen molar-refractivity contribution in [3.05, 3.63) is 102 Å². The van der Waals surface area contributed by atoms with E-state index in [1.54, 1.807) is 61.5 Å². The number of nitrogens with one attached hydrogen (secondary N) is 2. The van der Waals surface area contributed by atoms with Crippen molar-refractivity contribution in [3.63, 3.8) is 0 Å². The zero-order valence-electron chi connectivity index (χ0n) is 19.7. The zero-order chi connectivity index (χ0) is 26.1. The molecule has 3 rings (SSSR count). The number of aliphatic hydroxyl groups is 1. The lowest BCUT2D eigenvalue weighted by molar-refractivity contribution is -0.132. The Kier molecular flexibility index (Phi) is 9.38. The van der Waals surface area contributed by atoms with Gasteiger partial charge in [0.2, 0.25) is 17.7 Å². The minimum absolute atomic E-state index is 0.115. The summed E-state index contributed by atoms with van der Waals surface area (Å²) in [5, 5.41) is 14.9. The molecule has 0 aliphatic heterocycles. The molecular formula is C27H27F2N3O4. The number of hydrogen-bond acceptors (Lipinski definition) is 5. The number of anilines is 1. The van der Waals surface area contributed by atoms with Crippen LogP contribution < -0.4 is 15.5 Å². The van der Waals surface area contributed by atoms with Crippen LogP contribution in [0, 0.1) is 11.6 Å². The van der Waals surface area contributed by atoms with E-state index in [2.05, 4.69) is 10.6 Å². The van der Waals surface area contributed by atoms with Crippen molar-refractivity contribution in [2.24, 2.45) is 0 Å². The molecule has 0 heterocycles. The number of benzene rings is 3. The lowest BCUT2D eigenvalue weighted by Gasteiger charge is -2.24. The van der Waals surface area contributed by atoms with Crippen LogP contribution in [-0.2, 0) is 20.8 Å². The largest absolute Gasteiger partial charge is 0.394 e. The molecule has 188 valence electrons. The lowest BCUT2D eigenvalue weighted by atomic mass is 10.1. The maximum atomic E-state index is 13.6. The van der Waals surface area contributed by atoms with Crippen LogP contribution in [-0.4, -0.2) is 42.0 Å². The molecule has 0 radical (unpaired) electrons. The summed E-state index contributed by atoms with van der Waals surface area (Å²) in [6, 6.07) is 18.8. The van der Waals surface area contributed by atoms with E-state index in [1.165, 1.54) is 0 Å². The number of amides is 3. The summed E-state index contributed by atoms with van der Waals surface area (Å²) >= 11 is 0. The Labute approximate surface area is 207 Å². The second-order valence-electron chi connectivity index (χ2n) is 8.22. The fourth-order valence-electron chi connectivity index (χ4n) is 3.66. The van der Waals surface area contributed by atoms with Crippen LogP contribution in [0.4, 0.5) is 14.5 Å². The predicted octanol–water partition coefficient (Wildman–Crippen LogP) is 2.90. The van der Waals surface area contributed by atoms with E-state index < -0.39 is 48.0 Å². The number of halogens is 2. The number of carbonyl (C=O) groups is 3.